The van der Waals surface area contributed by atoms with Crippen LogP contribution < -0.4 is 10.5 Å². The first kappa shape index (κ1) is 27.7. The summed E-state index contributed by atoms with van der Waals surface area (Å²) in [5.74, 6) is -2.86. The average Bonchev–Trinajstić information content (AvgIpc) is 2.74. The molecule has 15 heteroatoms. The monoisotopic (exact) mass is 525 g/mol. The topological polar surface area (TPSA) is 144 Å². The molecule has 0 saturated heterocycles. The van der Waals surface area contributed by atoms with Crippen molar-refractivity contribution in [2.45, 2.75) is 32.2 Å². The highest BCUT2D eigenvalue weighted by atomic mass is 35.5. The van der Waals surface area contributed by atoms with E-state index in [1.807, 2.05) is 0 Å². The van der Waals surface area contributed by atoms with Crippen molar-refractivity contribution in [1.82, 2.24) is 4.98 Å². The second-order valence-corrected chi connectivity index (χ2v) is 9.28. The van der Waals surface area contributed by atoms with E-state index in [1.165, 1.54) is 0 Å². The van der Waals surface area contributed by atoms with Gasteiger partial charge in [0.05, 0.1) is 29.3 Å². The van der Waals surface area contributed by atoms with E-state index in [1.54, 1.807) is 13.8 Å². The molecular weight excluding hydrogens is 506 g/mol. The number of Topliss-reactive ketones (excluding diaryl/α,β-unsaturated/α-hetero) is 1. The van der Waals surface area contributed by atoms with Crippen LogP contribution in [-0.4, -0.2) is 34.7 Å². The third-order valence-corrected chi connectivity index (χ3v) is 6.74. The minimum atomic E-state index is -4.68. The number of ether oxygens (including phenoxy) is 1. The lowest BCUT2D eigenvalue weighted by atomic mass is 10.1. The molecule has 2 aromatic rings. The molecule has 10 nitrogen and oxygen atoms in total. The molecule has 0 radical (unpaired) electrons. The lowest BCUT2D eigenvalue weighted by Gasteiger charge is -2.22. The SMILES string of the molecule is CCOP(=O)(OCC)C(N)CC(=O)c1cc(Oc2ncc(C(F)(F)F)cc2Cl)ccc1[N+](=O)[O-]. The number of carbonyl (C=O) groups excluding carboxylic acids is 1. The Morgan fingerprint density at radius 3 is 2.38 bits per heavy atom. The summed E-state index contributed by atoms with van der Waals surface area (Å²) in [6, 6.07) is 3.64. The Morgan fingerprint density at radius 1 is 1.26 bits per heavy atom. The fraction of sp³-hybridized carbons (Fsp3) is 0.368. The molecule has 2 N–H and O–H groups in total. The van der Waals surface area contributed by atoms with Crippen molar-refractivity contribution in [3.63, 3.8) is 0 Å². The van der Waals surface area contributed by atoms with Crippen LogP contribution in [0.2, 0.25) is 5.02 Å². The van der Waals surface area contributed by atoms with E-state index in [0.717, 1.165) is 18.2 Å². The zero-order valence-electron chi connectivity index (χ0n) is 17.9. The van der Waals surface area contributed by atoms with Crippen molar-refractivity contribution in [3.05, 3.63) is 56.7 Å². The maximum absolute atomic E-state index is 12.8. The lowest BCUT2D eigenvalue weighted by Crippen LogP contribution is -2.26. The Labute approximate surface area is 196 Å². The van der Waals surface area contributed by atoms with Gasteiger partial charge < -0.3 is 19.5 Å². The fourth-order valence-corrected chi connectivity index (χ4v) is 4.50. The first-order chi connectivity index (χ1) is 15.8. The minimum absolute atomic E-state index is 0.0104. The molecule has 0 saturated carbocycles. The summed E-state index contributed by atoms with van der Waals surface area (Å²) in [6.45, 7) is 3.08. The number of benzene rings is 1. The number of hydrogen-bond acceptors (Lipinski definition) is 9. The predicted molar refractivity (Wildman–Crippen MR) is 115 cm³/mol. The number of carbonyl (C=O) groups is 1. The molecule has 1 aromatic heterocycles. The summed E-state index contributed by atoms with van der Waals surface area (Å²) in [7, 11) is -3.88. The first-order valence-electron chi connectivity index (χ1n) is 9.69. The summed E-state index contributed by atoms with van der Waals surface area (Å²) < 4.78 is 66.6. The van der Waals surface area contributed by atoms with Gasteiger partial charge in [0.1, 0.15) is 16.6 Å². The fourth-order valence-electron chi connectivity index (χ4n) is 2.73. The Kier molecular flexibility index (Phi) is 9.15. The normalized spacial score (nSPS) is 12.9. The van der Waals surface area contributed by atoms with Crippen LogP contribution in [0.4, 0.5) is 18.9 Å². The zero-order chi connectivity index (χ0) is 25.7. The van der Waals surface area contributed by atoms with Gasteiger partial charge in [-0.25, -0.2) is 4.98 Å². The summed E-state index contributed by atoms with van der Waals surface area (Å²) in [5.41, 5.74) is 3.72. The summed E-state index contributed by atoms with van der Waals surface area (Å²) in [4.78, 5) is 26.9. The third-order valence-electron chi connectivity index (χ3n) is 4.23. The predicted octanol–water partition coefficient (Wildman–Crippen LogP) is 5.58. The van der Waals surface area contributed by atoms with E-state index < -0.39 is 64.4 Å². The molecule has 2 rings (SSSR count). The van der Waals surface area contributed by atoms with Gasteiger partial charge in [0.2, 0.25) is 5.88 Å². The van der Waals surface area contributed by atoms with Gasteiger partial charge in [-0.15, -0.1) is 0 Å². The summed E-state index contributed by atoms with van der Waals surface area (Å²) in [5, 5.41) is 10.9. The number of halogens is 4. The first-order valence-corrected chi connectivity index (χ1v) is 11.7. The molecule has 0 amide bonds. The summed E-state index contributed by atoms with van der Waals surface area (Å²) >= 11 is 5.81. The quantitative estimate of drug-likeness (QED) is 0.172. The Hall–Kier alpha value is -2.57. The second kappa shape index (κ2) is 11.2. The van der Waals surface area contributed by atoms with Crippen LogP contribution in [0.1, 0.15) is 36.2 Å². The number of alkyl halides is 3. The van der Waals surface area contributed by atoms with Crippen LogP contribution in [0.15, 0.2) is 30.5 Å². The molecule has 186 valence electrons. The van der Waals surface area contributed by atoms with Crippen molar-refractivity contribution in [1.29, 1.82) is 0 Å². The molecule has 1 heterocycles. The van der Waals surface area contributed by atoms with Crippen molar-refractivity contribution in [3.8, 4) is 11.6 Å². The number of nitrogens with two attached hydrogens (primary N) is 1. The largest absolute Gasteiger partial charge is 0.438 e. The molecule has 34 heavy (non-hydrogen) atoms. The van der Waals surface area contributed by atoms with Crippen molar-refractivity contribution in [2.75, 3.05) is 13.2 Å². The summed E-state index contributed by atoms with van der Waals surface area (Å²) in [6.07, 6.45) is -4.80. The number of nitro benzene ring substituents is 1. The van der Waals surface area contributed by atoms with Gasteiger partial charge in [0.25, 0.3) is 5.69 Å². The Balaban J connectivity index is 2.36. The Bertz CT molecular complexity index is 1110. The molecule has 1 aromatic carbocycles. The molecular formula is C19H20ClF3N3O7P. The van der Waals surface area contributed by atoms with Gasteiger partial charge in [0.15, 0.2) is 5.78 Å². The standard InChI is InChI=1S/C19H20ClF3N3O7P/c1-3-31-34(30,32-4-2)17(24)9-16(27)13-8-12(5-6-15(13)26(28)29)33-18-14(20)7-11(10-25-18)19(21,22)23/h5-8,10,17H,3-4,9,24H2,1-2H3. The number of aromatic nitrogens is 1. The van der Waals surface area contributed by atoms with Crippen LogP contribution in [0.3, 0.4) is 0 Å². The van der Waals surface area contributed by atoms with E-state index >= 15 is 0 Å². The van der Waals surface area contributed by atoms with Gasteiger partial charge in [-0.1, -0.05) is 11.6 Å². The molecule has 0 aliphatic heterocycles. The number of pyridine rings is 1. The number of nitro groups is 1. The van der Waals surface area contributed by atoms with Gasteiger partial charge in [0, 0.05) is 18.7 Å². The molecule has 0 aliphatic rings. The van der Waals surface area contributed by atoms with Crippen LogP contribution in [0, 0.1) is 10.1 Å². The van der Waals surface area contributed by atoms with E-state index in [4.69, 9.17) is 31.1 Å². The maximum atomic E-state index is 12.8. The van der Waals surface area contributed by atoms with Crippen LogP contribution in [0.25, 0.3) is 0 Å². The van der Waals surface area contributed by atoms with E-state index in [0.29, 0.717) is 12.3 Å². The van der Waals surface area contributed by atoms with Crippen molar-refractivity contribution >= 4 is 30.7 Å². The second-order valence-electron chi connectivity index (χ2n) is 6.62. The average molecular weight is 526 g/mol. The highest BCUT2D eigenvalue weighted by molar-refractivity contribution is 7.54. The van der Waals surface area contributed by atoms with E-state index in [9.17, 15) is 32.6 Å². The highest BCUT2D eigenvalue weighted by Crippen LogP contribution is 2.52. The van der Waals surface area contributed by atoms with Crippen LogP contribution >= 0.6 is 19.2 Å². The molecule has 0 aliphatic carbocycles. The van der Waals surface area contributed by atoms with Crippen LogP contribution in [-0.2, 0) is 19.8 Å². The van der Waals surface area contributed by atoms with Gasteiger partial charge >= 0.3 is 13.8 Å². The molecule has 0 bridgehead atoms. The van der Waals surface area contributed by atoms with E-state index in [-0.39, 0.29) is 19.0 Å². The number of nitrogens with zero attached hydrogens (tertiary/aromatic N) is 2. The van der Waals surface area contributed by atoms with Gasteiger partial charge in [-0.3, -0.25) is 19.5 Å². The number of ketones is 1. The highest BCUT2D eigenvalue weighted by Gasteiger charge is 2.36. The maximum Gasteiger partial charge on any atom is 0.417 e. The van der Waals surface area contributed by atoms with Gasteiger partial charge in [-0.2, -0.15) is 13.2 Å². The van der Waals surface area contributed by atoms with Crippen molar-refractivity contribution in [2.24, 2.45) is 5.73 Å². The smallest absolute Gasteiger partial charge is 0.417 e. The molecule has 1 atom stereocenters. The molecule has 0 spiro atoms. The minimum Gasteiger partial charge on any atom is -0.438 e. The molecule has 1 unspecified atom stereocenters. The van der Waals surface area contributed by atoms with E-state index in [2.05, 4.69) is 4.98 Å². The third kappa shape index (κ3) is 6.73. The lowest BCUT2D eigenvalue weighted by molar-refractivity contribution is -0.385. The van der Waals surface area contributed by atoms with Crippen LogP contribution in [0.5, 0.6) is 11.6 Å². The zero-order valence-corrected chi connectivity index (χ0v) is 19.5. The number of rotatable bonds is 11. The number of hydrogen-bond donors (Lipinski definition) is 1. The molecule has 0 fully saturated rings. The Morgan fingerprint density at radius 2 is 1.88 bits per heavy atom. The van der Waals surface area contributed by atoms with Crippen molar-refractivity contribution < 1.29 is 41.2 Å². The van der Waals surface area contributed by atoms with Gasteiger partial charge in [-0.05, 0) is 32.0 Å².